The van der Waals surface area contributed by atoms with Crippen LogP contribution in [0.4, 0.5) is 0 Å². The lowest BCUT2D eigenvalue weighted by Gasteiger charge is -2.07. The van der Waals surface area contributed by atoms with Crippen LogP contribution >= 0.6 is 27.5 Å². The number of ketones is 1. The van der Waals surface area contributed by atoms with E-state index in [-0.39, 0.29) is 5.78 Å². The summed E-state index contributed by atoms with van der Waals surface area (Å²) in [6.45, 7) is 0. The molecule has 0 saturated carbocycles. The van der Waals surface area contributed by atoms with Crippen LogP contribution in [-0.4, -0.2) is 10.8 Å². The fourth-order valence-electron chi connectivity index (χ4n) is 2.14. The van der Waals surface area contributed by atoms with Gasteiger partial charge in [0.2, 0.25) is 0 Å². The number of hydrogen-bond donors (Lipinski definition) is 0. The third kappa shape index (κ3) is 2.35. The van der Waals surface area contributed by atoms with Crippen LogP contribution in [0.1, 0.15) is 15.9 Å². The van der Waals surface area contributed by atoms with E-state index in [2.05, 4.69) is 20.9 Å². The van der Waals surface area contributed by atoms with Gasteiger partial charge in [-0.2, -0.15) is 0 Å². The van der Waals surface area contributed by atoms with Crippen LogP contribution in [0.25, 0.3) is 10.8 Å². The molecule has 0 amide bonds. The maximum absolute atomic E-state index is 12.7. The Morgan fingerprint density at radius 3 is 2.75 bits per heavy atom. The number of pyridine rings is 1. The van der Waals surface area contributed by atoms with Crippen molar-refractivity contribution < 1.29 is 4.79 Å². The first-order chi connectivity index (χ1) is 9.66. The first-order valence-corrected chi connectivity index (χ1v) is 7.16. The molecule has 0 aliphatic heterocycles. The minimum Gasteiger partial charge on any atom is -0.289 e. The molecule has 0 N–H and O–H groups in total. The highest BCUT2D eigenvalue weighted by Crippen LogP contribution is 2.26. The Morgan fingerprint density at radius 1 is 1.10 bits per heavy atom. The SMILES string of the molecule is O=C(c1ccc(Br)cc1Cl)c1cccc2cnccc12. The molecule has 3 aromatic rings. The van der Waals surface area contributed by atoms with Crippen molar-refractivity contribution in [2.24, 2.45) is 0 Å². The summed E-state index contributed by atoms with van der Waals surface area (Å²) in [6, 6.07) is 12.7. The fourth-order valence-corrected chi connectivity index (χ4v) is 2.90. The molecular formula is C16H9BrClNO. The molecule has 98 valence electrons. The average Bonchev–Trinajstić information content (AvgIpc) is 2.46. The normalized spacial score (nSPS) is 10.7. The predicted octanol–water partition coefficient (Wildman–Crippen LogP) is 4.88. The third-order valence-corrected chi connectivity index (χ3v) is 3.91. The first-order valence-electron chi connectivity index (χ1n) is 5.99. The Morgan fingerprint density at radius 2 is 1.95 bits per heavy atom. The van der Waals surface area contributed by atoms with E-state index < -0.39 is 0 Å². The third-order valence-electron chi connectivity index (χ3n) is 3.10. The van der Waals surface area contributed by atoms with Crippen LogP contribution in [0.2, 0.25) is 5.02 Å². The summed E-state index contributed by atoms with van der Waals surface area (Å²) in [5.41, 5.74) is 1.13. The molecule has 0 radical (unpaired) electrons. The van der Waals surface area contributed by atoms with Crippen molar-refractivity contribution in [1.82, 2.24) is 4.98 Å². The number of nitrogens with zero attached hydrogens (tertiary/aromatic N) is 1. The summed E-state index contributed by atoms with van der Waals surface area (Å²) in [4.78, 5) is 16.7. The summed E-state index contributed by atoms with van der Waals surface area (Å²) in [5, 5.41) is 2.26. The lowest BCUT2D eigenvalue weighted by molar-refractivity contribution is 0.104. The van der Waals surface area contributed by atoms with Gasteiger partial charge in [-0.15, -0.1) is 0 Å². The van der Waals surface area contributed by atoms with Crippen LogP contribution in [-0.2, 0) is 0 Å². The monoisotopic (exact) mass is 345 g/mol. The Balaban J connectivity index is 2.18. The van der Waals surface area contributed by atoms with E-state index in [9.17, 15) is 4.79 Å². The average molecular weight is 347 g/mol. The highest BCUT2D eigenvalue weighted by atomic mass is 79.9. The lowest BCUT2D eigenvalue weighted by atomic mass is 9.98. The van der Waals surface area contributed by atoms with E-state index in [0.29, 0.717) is 16.1 Å². The second-order valence-electron chi connectivity index (χ2n) is 4.36. The summed E-state index contributed by atoms with van der Waals surface area (Å²) in [5.74, 6) is -0.0840. The molecule has 2 nitrogen and oxygen atoms in total. The van der Waals surface area contributed by atoms with Gasteiger partial charge in [-0.25, -0.2) is 0 Å². The Kier molecular flexibility index (Phi) is 3.55. The molecule has 4 heteroatoms. The molecule has 0 aliphatic rings. The zero-order valence-corrected chi connectivity index (χ0v) is 12.6. The number of rotatable bonds is 2. The molecular weight excluding hydrogens is 338 g/mol. The van der Waals surface area contributed by atoms with E-state index in [1.807, 2.05) is 30.3 Å². The fraction of sp³-hybridized carbons (Fsp3) is 0. The molecule has 0 saturated heterocycles. The van der Waals surface area contributed by atoms with E-state index in [1.54, 1.807) is 24.5 Å². The number of fused-ring (bicyclic) bond motifs is 1. The van der Waals surface area contributed by atoms with E-state index in [0.717, 1.165) is 15.2 Å². The molecule has 0 aliphatic carbocycles. The van der Waals surface area contributed by atoms with Crippen molar-refractivity contribution in [1.29, 1.82) is 0 Å². The number of carbonyl (C=O) groups is 1. The zero-order valence-electron chi connectivity index (χ0n) is 10.3. The molecule has 0 spiro atoms. The van der Waals surface area contributed by atoms with Crippen LogP contribution < -0.4 is 0 Å². The topological polar surface area (TPSA) is 30.0 Å². The van der Waals surface area contributed by atoms with Crippen molar-refractivity contribution in [3.63, 3.8) is 0 Å². The van der Waals surface area contributed by atoms with E-state index in [1.165, 1.54) is 0 Å². The quantitative estimate of drug-likeness (QED) is 0.619. The van der Waals surface area contributed by atoms with Gasteiger partial charge in [-0.3, -0.25) is 9.78 Å². The molecule has 2 aromatic carbocycles. The van der Waals surface area contributed by atoms with Gasteiger partial charge in [0.1, 0.15) is 0 Å². The van der Waals surface area contributed by atoms with Gasteiger partial charge in [0.05, 0.1) is 5.02 Å². The van der Waals surface area contributed by atoms with Gasteiger partial charge in [0, 0.05) is 33.4 Å². The molecule has 1 heterocycles. The summed E-state index contributed by atoms with van der Waals surface area (Å²) in [6.07, 6.45) is 3.43. The van der Waals surface area contributed by atoms with Crippen molar-refractivity contribution in [3.05, 3.63) is 75.5 Å². The number of hydrogen-bond acceptors (Lipinski definition) is 2. The molecule has 0 unspecified atom stereocenters. The molecule has 20 heavy (non-hydrogen) atoms. The smallest absolute Gasteiger partial charge is 0.195 e. The molecule has 0 bridgehead atoms. The molecule has 0 atom stereocenters. The van der Waals surface area contributed by atoms with Crippen molar-refractivity contribution in [3.8, 4) is 0 Å². The number of halogens is 2. The van der Waals surface area contributed by atoms with Crippen molar-refractivity contribution in [2.75, 3.05) is 0 Å². The summed E-state index contributed by atoms with van der Waals surface area (Å²) < 4.78 is 0.848. The lowest BCUT2D eigenvalue weighted by Crippen LogP contribution is -2.03. The molecule has 3 rings (SSSR count). The standard InChI is InChI=1S/C16H9BrClNO/c17-11-4-5-14(15(18)8-11)16(20)13-3-1-2-10-9-19-7-6-12(10)13/h1-9H. The minimum absolute atomic E-state index is 0.0840. The Labute approximate surface area is 129 Å². The van der Waals surface area contributed by atoms with Gasteiger partial charge in [0.25, 0.3) is 0 Å². The van der Waals surface area contributed by atoms with Crippen LogP contribution in [0.3, 0.4) is 0 Å². The van der Waals surface area contributed by atoms with Gasteiger partial charge < -0.3 is 0 Å². The largest absolute Gasteiger partial charge is 0.289 e. The second-order valence-corrected chi connectivity index (χ2v) is 5.68. The number of carbonyl (C=O) groups excluding carboxylic acids is 1. The van der Waals surface area contributed by atoms with Crippen LogP contribution in [0.15, 0.2) is 59.3 Å². The zero-order chi connectivity index (χ0) is 14.1. The van der Waals surface area contributed by atoms with Crippen molar-refractivity contribution >= 4 is 44.1 Å². The second kappa shape index (κ2) is 5.35. The maximum atomic E-state index is 12.7. The predicted molar refractivity (Wildman–Crippen MR) is 84.3 cm³/mol. The highest BCUT2D eigenvalue weighted by molar-refractivity contribution is 9.10. The van der Waals surface area contributed by atoms with E-state index in [4.69, 9.17) is 11.6 Å². The van der Waals surface area contributed by atoms with E-state index >= 15 is 0 Å². The Hall–Kier alpha value is -1.71. The van der Waals surface area contributed by atoms with Crippen molar-refractivity contribution in [2.45, 2.75) is 0 Å². The minimum atomic E-state index is -0.0840. The first kappa shape index (κ1) is 13.3. The van der Waals surface area contributed by atoms with Crippen LogP contribution in [0.5, 0.6) is 0 Å². The van der Waals surface area contributed by atoms with Crippen LogP contribution in [0, 0.1) is 0 Å². The maximum Gasteiger partial charge on any atom is 0.195 e. The summed E-state index contributed by atoms with van der Waals surface area (Å²) >= 11 is 9.50. The van der Waals surface area contributed by atoms with Gasteiger partial charge in [-0.1, -0.05) is 45.7 Å². The van der Waals surface area contributed by atoms with Gasteiger partial charge >= 0.3 is 0 Å². The summed E-state index contributed by atoms with van der Waals surface area (Å²) in [7, 11) is 0. The number of aromatic nitrogens is 1. The Bertz CT molecular complexity index is 811. The van der Waals surface area contributed by atoms with Gasteiger partial charge in [0.15, 0.2) is 5.78 Å². The highest BCUT2D eigenvalue weighted by Gasteiger charge is 2.15. The molecule has 1 aromatic heterocycles. The number of benzene rings is 2. The van der Waals surface area contributed by atoms with Gasteiger partial charge in [-0.05, 0) is 29.7 Å². The molecule has 0 fully saturated rings.